The lowest BCUT2D eigenvalue weighted by Crippen LogP contribution is -2.28. The Morgan fingerprint density at radius 3 is 2.37 bits per heavy atom. The maximum atomic E-state index is 12.5. The average Bonchev–Trinajstić information content (AvgIpc) is 3.36. The molecule has 4 rings (SSSR count). The summed E-state index contributed by atoms with van der Waals surface area (Å²) in [6.45, 7) is 0.241. The van der Waals surface area contributed by atoms with E-state index in [1.807, 2.05) is 35.9 Å². The molecule has 0 atom stereocenters. The van der Waals surface area contributed by atoms with Gasteiger partial charge < -0.3 is 0 Å². The van der Waals surface area contributed by atoms with Crippen molar-refractivity contribution in [3.05, 3.63) is 65.0 Å². The van der Waals surface area contributed by atoms with E-state index in [4.69, 9.17) is 0 Å². The molecule has 0 aliphatic carbocycles. The average molecular weight is 438 g/mol. The summed E-state index contributed by atoms with van der Waals surface area (Å²) < 4.78 is 0. The minimum absolute atomic E-state index is 0.149. The number of thiazole rings is 1. The number of hydrogen-bond acceptors (Lipinski definition) is 6. The molecule has 1 aromatic heterocycles. The van der Waals surface area contributed by atoms with Crippen molar-refractivity contribution in [2.45, 2.75) is 24.3 Å². The smallest absolute Gasteiger partial charge is 0.257 e. The highest BCUT2D eigenvalue weighted by molar-refractivity contribution is 7.98. The molecule has 3 amide bonds. The highest BCUT2D eigenvalue weighted by atomic mass is 32.2. The number of rotatable bonds is 6. The minimum atomic E-state index is -0.256. The van der Waals surface area contributed by atoms with Crippen LogP contribution in [-0.2, 0) is 16.1 Å². The van der Waals surface area contributed by atoms with Crippen LogP contribution in [0.1, 0.15) is 28.8 Å². The molecule has 3 aromatic rings. The van der Waals surface area contributed by atoms with Crippen molar-refractivity contribution in [2.75, 3.05) is 11.6 Å². The van der Waals surface area contributed by atoms with Gasteiger partial charge in [0.15, 0.2) is 5.13 Å². The molecule has 8 heteroatoms. The van der Waals surface area contributed by atoms with Crippen LogP contribution in [0.15, 0.2) is 58.8 Å². The molecule has 2 aromatic carbocycles. The van der Waals surface area contributed by atoms with Crippen molar-refractivity contribution in [2.24, 2.45) is 0 Å². The predicted molar refractivity (Wildman–Crippen MR) is 119 cm³/mol. The summed E-state index contributed by atoms with van der Waals surface area (Å²) in [5.41, 5.74) is 3.11. The van der Waals surface area contributed by atoms with E-state index >= 15 is 0 Å². The summed E-state index contributed by atoms with van der Waals surface area (Å²) in [6.07, 6.45) is 2.58. The van der Waals surface area contributed by atoms with Crippen molar-refractivity contribution >= 4 is 46.0 Å². The number of imide groups is 1. The number of hydrogen-bond donors (Lipinski definition) is 1. The highest BCUT2D eigenvalue weighted by Crippen LogP contribution is 2.27. The van der Waals surface area contributed by atoms with Crippen LogP contribution in [0.2, 0.25) is 0 Å². The number of aromatic nitrogens is 1. The number of likely N-dealkylation sites (tertiary alicyclic amines) is 1. The standard InChI is InChI=1S/C22H19N3O3S2/c1-29-17-8-6-15(7-9-17)18-13-30-22(23-18)24-21(28)16-4-2-14(3-5-16)12-25-19(26)10-11-20(25)27/h2-9,13H,10-12H2,1H3,(H,23,24,28). The van der Waals surface area contributed by atoms with Gasteiger partial charge in [-0.15, -0.1) is 23.1 Å². The summed E-state index contributed by atoms with van der Waals surface area (Å²) >= 11 is 3.06. The maximum absolute atomic E-state index is 12.5. The molecule has 6 nitrogen and oxygen atoms in total. The van der Waals surface area contributed by atoms with E-state index in [9.17, 15) is 14.4 Å². The quantitative estimate of drug-likeness (QED) is 0.456. The van der Waals surface area contributed by atoms with Crippen LogP contribution in [0.4, 0.5) is 5.13 Å². The zero-order chi connectivity index (χ0) is 21.1. The summed E-state index contributed by atoms with van der Waals surface area (Å²) in [5.74, 6) is -0.553. The first-order valence-corrected chi connectivity index (χ1v) is 11.5. The maximum Gasteiger partial charge on any atom is 0.257 e. The third-order valence-corrected chi connectivity index (χ3v) is 6.32. The molecular formula is C22H19N3O3S2. The van der Waals surface area contributed by atoms with E-state index in [1.165, 1.54) is 21.1 Å². The molecule has 0 saturated carbocycles. The number of benzene rings is 2. The van der Waals surface area contributed by atoms with Crippen LogP contribution < -0.4 is 5.32 Å². The number of amides is 3. The number of thioether (sulfide) groups is 1. The van der Waals surface area contributed by atoms with Crippen LogP contribution in [-0.4, -0.2) is 33.9 Å². The van der Waals surface area contributed by atoms with E-state index in [1.54, 1.807) is 36.0 Å². The summed E-state index contributed by atoms with van der Waals surface area (Å²) in [5, 5.41) is 5.27. The van der Waals surface area contributed by atoms with E-state index in [0.29, 0.717) is 10.7 Å². The molecule has 0 unspecified atom stereocenters. The fourth-order valence-corrected chi connectivity index (χ4v) is 4.26. The Hall–Kier alpha value is -2.97. The van der Waals surface area contributed by atoms with Gasteiger partial charge in [-0.05, 0) is 36.1 Å². The number of carbonyl (C=O) groups excluding carboxylic acids is 3. The fourth-order valence-electron chi connectivity index (χ4n) is 3.14. The molecule has 1 fully saturated rings. The Balaban J connectivity index is 1.39. The molecule has 2 heterocycles. The highest BCUT2D eigenvalue weighted by Gasteiger charge is 2.28. The minimum Gasteiger partial charge on any atom is -0.298 e. The summed E-state index contributed by atoms with van der Waals surface area (Å²) in [6, 6.07) is 15.0. The van der Waals surface area contributed by atoms with Gasteiger partial charge in [-0.25, -0.2) is 4.98 Å². The van der Waals surface area contributed by atoms with Crippen molar-refractivity contribution in [3.63, 3.8) is 0 Å². The monoisotopic (exact) mass is 437 g/mol. The molecule has 1 N–H and O–H groups in total. The number of carbonyl (C=O) groups is 3. The van der Waals surface area contributed by atoms with E-state index in [2.05, 4.69) is 10.3 Å². The van der Waals surface area contributed by atoms with E-state index in [0.717, 1.165) is 16.8 Å². The first-order chi connectivity index (χ1) is 14.5. The lowest BCUT2D eigenvalue weighted by atomic mass is 10.1. The van der Waals surface area contributed by atoms with Crippen LogP contribution in [0.5, 0.6) is 0 Å². The topological polar surface area (TPSA) is 79.4 Å². The normalized spacial score (nSPS) is 13.7. The number of anilines is 1. The molecule has 0 radical (unpaired) electrons. The Morgan fingerprint density at radius 1 is 1.07 bits per heavy atom. The SMILES string of the molecule is CSc1ccc(-c2csc(NC(=O)c3ccc(CN4C(=O)CCC4=O)cc3)n2)cc1. The molecule has 0 spiro atoms. The van der Waals surface area contributed by atoms with Gasteiger partial charge in [-0.1, -0.05) is 24.3 Å². The Morgan fingerprint density at radius 2 is 1.73 bits per heavy atom. The van der Waals surface area contributed by atoms with Crippen molar-refractivity contribution in [1.29, 1.82) is 0 Å². The Bertz CT molecular complexity index is 1080. The second-order valence-electron chi connectivity index (χ2n) is 6.79. The summed E-state index contributed by atoms with van der Waals surface area (Å²) in [4.78, 5) is 43.0. The van der Waals surface area contributed by atoms with Crippen molar-refractivity contribution in [3.8, 4) is 11.3 Å². The molecular weight excluding hydrogens is 418 g/mol. The first kappa shape index (κ1) is 20.3. The number of nitrogens with zero attached hydrogens (tertiary/aromatic N) is 2. The zero-order valence-corrected chi connectivity index (χ0v) is 17.9. The van der Waals surface area contributed by atoms with Crippen molar-refractivity contribution in [1.82, 2.24) is 9.88 Å². The second-order valence-corrected chi connectivity index (χ2v) is 8.53. The van der Waals surface area contributed by atoms with Crippen LogP contribution >= 0.6 is 23.1 Å². The molecule has 152 valence electrons. The van der Waals surface area contributed by atoms with E-state index < -0.39 is 0 Å². The lowest BCUT2D eigenvalue weighted by molar-refractivity contribution is -0.139. The van der Waals surface area contributed by atoms with Gasteiger partial charge in [0.2, 0.25) is 11.8 Å². The molecule has 0 bridgehead atoms. The molecule has 1 aliphatic heterocycles. The van der Waals surface area contributed by atoms with Gasteiger partial charge in [0, 0.05) is 34.2 Å². The predicted octanol–water partition coefficient (Wildman–Crippen LogP) is 4.43. The molecule has 1 aliphatic rings. The number of nitrogens with one attached hydrogen (secondary N) is 1. The lowest BCUT2D eigenvalue weighted by Gasteiger charge is -2.13. The summed E-state index contributed by atoms with van der Waals surface area (Å²) in [7, 11) is 0. The van der Waals surface area contributed by atoms with Gasteiger partial charge in [-0.2, -0.15) is 0 Å². The fraction of sp³-hybridized carbons (Fsp3) is 0.182. The van der Waals surface area contributed by atoms with Gasteiger partial charge in [0.1, 0.15) is 0 Å². The van der Waals surface area contributed by atoms with Crippen molar-refractivity contribution < 1.29 is 14.4 Å². The largest absolute Gasteiger partial charge is 0.298 e. The molecule has 1 saturated heterocycles. The zero-order valence-electron chi connectivity index (χ0n) is 16.3. The van der Waals surface area contributed by atoms with Crippen LogP contribution in [0, 0.1) is 0 Å². The molecule has 30 heavy (non-hydrogen) atoms. The van der Waals surface area contributed by atoms with E-state index in [-0.39, 0.29) is 37.1 Å². The van der Waals surface area contributed by atoms with Gasteiger partial charge in [0.25, 0.3) is 5.91 Å². The van der Waals surface area contributed by atoms with Crippen LogP contribution in [0.3, 0.4) is 0 Å². The van der Waals surface area contributed by atoms with Gasteiger partial charge in [0.05, 0.1) is 12.2 Å². The third-order valence-electron chi connectivity index (χ3n) is 4.82. The Labute approximate surface area is 182 Å². The van der Waals surface area contributed by atoms with Gasteiger partial charge in [-0.3, -0.25) is 24.6 Å². The third kappa shape index (κ3) is 4.44. The first-order valence-electron chi connectivity index (χ1n) is 9.37. The second kappa shape index (κ2) is 8.81. The van der Waals surface area contributed by atoms with Crippen LogP contribution in [0.25, 0.3) is 11.3 Å². The van der Waals surface area contributed by atoms with Gasteiger partial charge >= 0.3 is 0 Å². The Kier molecular flexibility index (Phi) is 5.96.